The van der Waals surface area contributed by atoms with Crippen LogP contribution in [0.5, 0.6) is 5.88 Å². The normalized spacial score (nSPS) is 13.5. The molecule has 0 fully saturated rings. The number of nitrogens with one attached hydrogen (secondary N) is 1. The Balaban J connectivity index is 1.56. The molecule has 0 saturated carbocycles. The number of esters is 1. The van der Waals surface area contributed by atoms with Crippen molar-refractivity contribution in [3.8, 4) is 17.7 Å². The van der Waals surface area contributed by atoms with Gasteiger partial charge in [-0.25, -0.2) is 9.78 Å². The van der Waals surface area contributed by atoms with Crippen molar-refractivity contribution >= 4 is 35.5 Å². The third-order valence-corrected chi connectivity index (χ3v) is 6.84. The van der Waals surface area contributed by atoms with Gasteiger partial charge in [0.25, 0.3) is 5.91 Å². The van der Waals surface area contributed by atoms with E-state index in [0.29, 0.717) is 22.5 Å². The SMILES string of the molecule is CCOC(=O)CC(C)N1CC(=O)N(Cc2ccccc2)c2ccc(C#CCOc3cc(C)nc(NC(=O)OC(C)(C)C)n3)cc2C1=O. The van der Waals surface area contributed by atoms with E-state index >= 15 is 0 Å². The maximum atomic E-state index is 13.9. The summed E-state index contributed by atoms with van der Waals surface area (Å²) in [5.74, 6) is 5.05. The molecule has 246 valence electrons. The molecule has 4 rings (SSSR count). The highest BCUT2D eigenvalue weighted by Crippen LogP contribution is 2.30. The molecule has 1 atom stereocenters. The summed E-state index contributed by atoms with van der Waals surface area (Å²) in [5.41, 5.74) is 2.06. The summed E-state index contributed by atoms with van der Waals surface area (Å²) in [6, 6.07) is 15.6. The Bertz CT molecular complexity index is 1690. The van der Waals surface area contributed by atoms with Crippen LogP contribution in [0.15, 0.2) is 54.6 Å². The highest BCUT2D eigenvalue weighted by molar-refractivity contribution is 6.10. The summed E-state index contributed by atoms with van der Waals surface area (Å²) in [7, 11) is 0. The van der Waals surface area contributed by atoms with Crippen LogP contribution in [0, 0.1) is 18.8 Å². The summed E-state index contributed by atoms with van der Waals surface area (Å²) < 4.78 is 16.0. The number of fused-ring (bicyclic) bond motifs is 1. The van der Waals surface area contributed by atoms with Crippen molar-refractivity contribution in [1.82, 2.24) is 14.9 Å². The first-order valence-electron chi connectivity index (χ1n) is 15.2. The van der Waals surface area contributed by atoms with E-state index in [1.807, 2.05) is 30.3 Å². The molecule has 0 radical (unpaired) electrons. The number of aromatic nitrogens is 2. The molecular formula is C35H39N5O7. The molecule has 3 amide bonds. The molecule has 0 aliphatic carbocycles. The molecule has 0 spiro atoms. The largest absolute Gasteiger partial charge is 0.466 e. The number of carbonyl (C=O) groups is 4. The predicted octanol–water partition coefficient (Wildman–Crippen LogP) is 4.89. The third kappa shape index (κ3) is 9.77. The number of aryl methyl sites for hydroxylation is 1. The van der Waals surface area contributed by atoms with Gasteiger partial charge in [-0.05, 0) is 65.3 Å². The van der Waals surface area contributed by atoms with Crippen LogP contribution in [0.3, 0.4) is 0 Å². The van der Waals surface area contributed by atoms with Gasteiger partial charge in [-0.2, -0.15) is 4.98 Å². The highest BCUT2D eigenvalue weighted by atomic mass is 16.6. The Hall–Kier alpha value is -5.44. The fraction of sp³-hybridized carbons (Fsp3) is 0.371. The van der Waals surface area contributed by atoms with E-state index in [4.69, 9.17) is 14.2 Å². The molecule has 1 unspecified atom stereocenters. The predicted molar refractivity (Wildman–Crippen MR) is 175 cm³/mol. The van der Waals surface area contributed by atoms with Crippen LogP contribution >= 0.6 is 0 Å². The van der Waals surface area contributed by atoms with E-state index in [-0.39, 0.29) is 56.4 Å². The second kappa shape index (κ2) is 15.2. The van der Waals surface area contributed by atoms with E-state index < -0.39 is 23.7 Å². The van der Waals surface area contributed by atoms with Crippen LogP contribution in [-0.4, -0.2) is 70.1 Å². The standard InChI is InChI=1S/C35H39N5O7/c1-7-45-31(42)19-24(3)39-22-30(41)40(21-26-12-9-8-10-13-26)28-16-15-25(20-27(28)32(39)43)14-11-17-46-29-18-23(2)36-33(37-29)38-34(44)47-35(4,5)6/h8-10,12-13,15-16,18,20,24H,7,17,19,21-22H2,1-6H3,(H,36,37,38,44). The lowest BCUT2D eigenvalue weighted by molar-refractivity contribution is -0.144. The number of ether oxygens (including phenoxy) is 3. The molecule has 3 aromatic rings. The Morgan fingerprint density at radius 2 is 1.81 bits per heavy atom. The van der Waals surface area contributed by atoms with Crippen LogP contribution < -0.4 is 15.0 Å². The minimum absolute atomic E-state index is 0.0304. The first-order chi connectivity index (χ1) is 22.3. The van der Waals surface area contributed by atoms with Crippen molar-refractivity contribution < 1.29 is 33.4 Å². The van der Waals surface area contributed by atoms with Gasteiger partial charge >= 0.3 is 12.1 Å². The van der Waals surface area contributed by atoms with E-state index in [9.17, 15) is 19.2 Å². The molecule has 2 heterocycles. The highest BCUT2D eigenvalue weighted by Gasteiger charge is 2.35. The number of benzene rings is 2. The molecule has 12 heteroatoms. The number of carbonyl (C=O) groups excluding carboxylic acids is 4. The molecule has 0 saturated heterocycles. The van der Waals surface area contributed by atoms with Crippen LogP contribution in [0.2, 0.25) is 0 Å². The molecule has 12 nitrogen and oxygen atoms in total. The fourth-order valence-corrected chi connectivity index (χ4v) is 4.79. The van der Waals surface area contributed by atoms with Crippen molar-refractivity contribution in [3.05, 3.63) is 77.0 Å². The van der Waals surface area contributed by atoms with Gasteiger partial charge in [0, 0.05) is 23.4 Å². The molecule has 47 heavy (non-hydrogen) atoms. The van der Waals surface area contributed by atoms with Crippen molar-refractivity contribution in [2.45, 2.75) is 66.2 Å². The Kier molecular flexibility index (Phi) is 11.2. The zero-order chi connectivity index (χ0) is 34.1. The lowest BCUT2D eigenvalue weighted by atomic mass is 10.1. The zero-order valence-corrected chi connectivity index (χ0v) is 27.5. The van der Waals surface area contributed by atoms with Crippen LogP contribution in [0.4, 0.5) is 16.4 Å². The van der Waals surface area contributed by atoms with Gasteiger partial charge in [-0.3, -0.25) is 19.7 Å². The van der Waals surface area contributed by atoms with Gasteiger partial charge in [-0.1, -0.05) is 42.2 Å². The summed E-state index contributed by atoms with van der Waals surface area (Å²) in [6.45, 7) is 10.7. The minimum Gasteiger partial charge on any atom is -0.466 e. The van der Waals surface area contributed by atoms with E-state index in [0.717, 1.165) is 5.56 Å². The number of rotatable bonds is 9. The van der Waals surface area contributed by atoms with E-state index in [1.54, 1.807) is 70.7 Å². The summed E-state index contributed by atoms with van der Waals surface area (Å²) in [5, 5.41) is 2.50. The van der Waals surface area contributed by atoms with Crippen molar-refractivity contribution in [3.63, 3.8) is 0 Å². The molecular weight excluding hydrogens is 602 g/mol. The Labute approximate surface area is 274 Å². The van der Waals surface area contributed by atoms with Crippen molar-refractivity contribution in [2.24, 2.45) is 0 Å². The van der Waals surface area contributed by atoms with Crippen molar-refractivity contribution in [2.75, 3.05) is 30.0 Å². The number of hydrogen-bond acceptors (Lipinski definition) is 9. The number of hydrogen-bond donors (Lipinski definition) is 1. The van der Waals surface area contributed by atoms with Gasteiger partial charge in [-0.15, -0.1) is 0 Å². The third-order valence-electron chi connectivity index (χ3n) is 6.84. The topological polar surface area (TPSA) is 140 Å². The second-order valence-corrected chi connectivity index (χ2v) is 11.9. The van der Waals surface area contributed by atoms with Crippen LogP contribution in [0.1, 0.15) is 68.2 Å². The number of nitrogens with zero attached hydrogens (tertiary/aromatic N) is 4. The monoisotopic (exact) mass is 641 g/mol. The molecule has 1 N–H and O–H groups in total. The quantitative estimate of drug-likeness (QED) is 0.255. The minimum atomic E-state index is -0.690. The zero-order valence-electron chi connectivity index (χ0n) is 27.5. The average molecular weight is 642 g/mol. The average Bonchev–Trinajstić information content (AvgIpc) is 3.09. The van der Waals surface area contributed by atoms with Gasteiger partial charge in [0.05, 0.1) is 30.8 Å². The molecule has 1 aromatic heterocycles. The second-order valence-electron chi connectivity index (χ2n) is 11.9. The Morgan fingerprint density at radius 3 is 2.51 bits per heavy atom. The van der Waals surface area contributed by atoms with Crippen molar-refractivity contribution in [1.29, 1.82) is 0 Å². The molecule has 0 bridgehead atoms. The van der Waals surface area contributed by atoms with Gasteiger partial charge in [0.2, 0.25) is 17.7 Å². The van der Waals surface area contributed by atoms with Gasteiger partial charge < -0.3 is 24.0 Å². The van der Waals surface area contributed by atoms with Crippen LogP contribution in [0.25, 0.3) is 0 Å². The number of amides is 3. The van der Waals surface area contributed by atoms with Gasteiger partial charge in [0.15, 0.2) is 6.61 Å². The van der Waals surface area contributed by atoms with Gasteiger partial charge in [0.1, 0.15) is 12.1 Å². The molecule has 2 aromatic carbocycles. The fourth-order valence-electron chi connectivity index (χ4n) is 4.79. The molecule has 1 aliphatic heterocycles. The van der Waals surface area contributed by atoms with E-state index in [2.05, 4.69) is 27.1 Å². The smallest absolute Gasteiger partial charge is 0.414 e. The lowest BCUT2D eigenvalue weighted by Crippen LogP contribution is -2.44. The van der Waals surface area contributed by atoms with Crippen LogP contribution in [-0.2, 0) is 25.6 Å². The lowest BCUT2D eigenvalue weighted by Gasteiger charge is -2.27. The molecule has 1 aliphatic rings. The maximum absolute atomic E-state index is 13.9. The Morgan fingerprint density at radius 1 is 1.06 bits per heavy atom. The maximum Gasteiger partial charge on any atom is 0.414 e. The first kappa shape index (κ1) is 34.4. The first-order valence-corrected chi connectivity index (χ1v) is 15.2. The summed E-state index contributed by atoms with van der Waals surface area (Å²) >= 11 is 0. The van der Waals surface area contributed by atoms with E-state index in [1.165, 1.54) is 4.90 Å². The summed E-state index contributed by atoms with van der Waals surface area (Å²) in [6.07, 6.45) is -0.737. The summed E-state index contributed by atoms with van der Waals surface area (Å²) in [4.78, 5) is 63.2. The number of anilines is 2.